The van der Waals surface area contributed by atoms with Crippen molar-refractivity contribution in [1.29, 1.82) is 0 Å². The highest BCUT2D eigenvalue weighted by Gasteiger charge is 2.28. The van der Waals surface area contributed by atoms with E-state index in [1.165, 1.54) is 0 Å². The number of nitrogens with zero attached hydrogens (tertiary/aromatic N) is 2. The Morgan fingerprint density at radius 2 is 1.88 bits per heavy atom. The van der Waals surface area contributed by atoms with Crippen LogP contribution in [0.4, 0.5) is 5.69 Å². The van der Waals surface area contributed by atoms with Crippen molar-refractivity contribution >= 4 is 36.4 Å². The van der Waals surface area contributed by atoms with Gasteiger partial charge in [-0.3, -0.25) is 4.79 Å². The van der Waals surface area contributed by atoms with Crippen LogP contribution in [0.2, 0.25) is 0 Å². The maximum atomic E-state index is 12.6. The van der Waals surface area contributed by atoms with Crippen molar-refractivity contribution in [2.24, 2.45) is 5.92 Å². The van der Waals surface area contributed by atoms with Gasteiger partial charge in [-0.2, -0.15) is 0 Å². The Hall–Kier alpha value is -1.17. The van der Waals surface area contributed by atoms with E-state index in [1.807, 2.05) is 23.1 Å². The van der Waals surface area contributed by atoms with Gasteiger partial charge in [0.2, 0.25) is 5.91 Å². The first-order valence-corrected chi connectivity index (χ1v) is 8.17. The minimum Gasteiger partial charge on any atom is -0.495 e. The summed E-state index contributed by atoms with van der Waals surface area (Å²) in [5.41, 5.74) is 1.12. The number of para-hydroxylation sites is 2. The molecular weight excluding hydrogens is 349 g/mol. The molecule has 0 aromatic heterocycles. The number of benzene rings is 1. The summed E-state index contributed by atoms with van der Waals surface area (Å²) < 4.78 is 5.44. The third kappa shape index (κ3) is 4.68. The largest absolute Gasteiger partial charge is 0.495 e. The first-order valence-electron chi connectivity index (χ1n) is 8.17. The molecule has 1 aromatic rings. The Balaban J connectivity index is 0.00000144. The van der Waals surface area contributed by atoms with Crippen LogP contribution in [0.5, 0.6) is 5.75 Å². The van der Waals surface area contributed by atoms with E-state index in [0.717, 1.165) is 63.5 Å². The van der Waals surface area contributed by atoms with Crippen molar-refractivity contribution in [2.75, 3.05) is 51.3 Å². The summed E-state index contributed by atoms with van der Waals surface area (Å²) in [5.74, 6) is 1.40. The summed E-state index contributed by atoms with van der Waals surface area (Å²) in [6.07, 6.45) is 2.14. The third-order valence-corrected chi connectivity index (χ3v) is 4.66. The maximum absolute atomic E-state index is 12.6. The monoisotopic (exact) mass is 375 g/mol. The zero-order chi connectivity index (χ0) is 15.4. The highest BCUT2D eigenvalue weighted by Crippen LogP contribution is 2.28. The maximum Gasteiger partial charge on any atom is 0.227 e. The van der Waals surface area contributed by atoms with Crippen LogP contribution >= 0.6 is 24.8 Å². The van der Waals surface area contributed by atoms with Crippen LogP contribution < -0.4 is 15.0 Å². The third-order valence-electron chi connectivity index (χ3n) is 4.66. The molecular formula is C17H27Cl2N3O2. The van der Waals surface area contributed by atoms with Crippen LogP contribution in [-0.2, 0) is 4.79 Å². The van der Waals surface area contributed by atoms with Gasteiger partial charge in [0.15, 0.2) is 0 Å². The smallest absolute Gasteiger partial charge is 0.227 e. The zero-order valence-corrected chi connectivity index (χ0v) is 15.7. The number of halogens is 2. The van der Waals surface area contributed by atoms with Crippen molar-refractivity contribution < 1.29 is 9.53 Å². The quantitative estimate of drug-likeness (QED) is 0.879. The Morgan fingerprint density at radius 1 is 1.17 bits per heavy atom. The van der Waals surface area contributed by atoms with Gasteiger partial charge in [-0.05, 0) is 31.5 Å². The first kappa shape index (κ1) is 20.9. The second-order valence-electron chi connectivity index (χ2n) is 6.03. The predicted molar refractivity (Wildman–Crippen MR) is 102 cm³/mol. The predicted octanol–water partition coefficient (Wildman–Crippen LogP) is 2.19. The molecule has 1 atom stereocenters. The number of nitrogens with one attached hydrogen (secondary N) is 1. The van der Waals surface area contributed by atoms with E-state index in [0.29, 0.717) is 5.91 Å². The van der Waals surface area contributed by atoms with Crippen molar-refractivity contribution in [1.82, 2.24) is 10.2 Å². The molecule has 2 fully saturated rings. The summed E-state index contributed by atoms with van der Waals surface area (Å²) in [6.45, 7) is 5.22. The molecule has 24 heavy (non-hydrogen) atoms. The Bertz CT molecular complexity index is 516. The minimum absolute atomic E-state index is 0. The number of anilines is 1. The molecule has 0 aliphatic carbocycles. The van der Waals surface area contributed by atoms with Crippen LogP contribution in [0, 0.1) is 5.92 Å². The van der Waals surface area contributed by atoms with Gasteiger partial charge in [-0.1, -0.05) is 12.1 Å². The molecule has 5 nitrogen and oxygen atoms in total. The molecule has 0 unspecified atom stereocenters. The van der Waals surface area contributed by atoms with E-state index in [9.17, 15) is 4.79 Å². The Morgan fingerprint density at radius 3 is 2.50 bits per heavy atom. The number of carbonyl (C=O) groups excluding carboxylic acids is 1. The number of rotatable bonds is 3. The number of hydrogen-bond acceptors (Lipinski definition) is 4. The lowest BCUT2D eigenvalue weighted by Gasteiger charge is -2.38. The molecule has 2 aliphatic heterocycles. The number of amides is 1. The second kappa shape index (κ2) is 9.97. The fourth-order valence-electron chi connectivity index (χ4n) is 3.38. The fraction of sp³-hybridized carbons (Fsp3) is 0.588. The van der Waals surface area contributed by atoms with Crippen LogP contribution in [0.15, 0.2) is 24.3 Å². The van der Waals surface area contributed by atoms with Gasteiger partial charge in [0.05, 0.1) is 18.7 Å². The minimum atomic E-state index is 0. The number of ether oxygens (including phenoxy) is 1. The standard InChI is InChI=1S/C17H25N3O2.2ClH/c1-22-16-7-3-2-6-15(16)19-9-11-20(12-10-19)17(21)14-5-4-8-18-13-14;;/h2-3,6-7,14,18H,4-5,8-13H2,1H3;2*1H/t14-;;/m1../s1. The van der Waals surface area contributed by atoms with Crippen molar-refractivity contribution in [3.05, 3.63) is 24.3 Å². The molecule has 0 bridgehead atoms. The molecule has 2 saturated heterocycles. The van der Waals surface area contributed by atoms with Gasteiger partial charge in [0, 0.05) is 32.7 Å². The molecule has 3 rings (SSSR count). The lowest BCUT2D eigenvalue weighted by Crippen LogP contribution is -2.52. The highest BCUT2D eigenvalue weighted by atomic mass is 35.5. The van der Waals surface area contributed by atoms with E-state index >= 15 is 0 Å². The van der Waals surface area contributed by atoms with E-state index in [4.69, 9.17) is 4.74 Å². The summed E-state index contributed by atoms with van der Waals surface area (Å²) in [6, 6.07) is 8.09. The van der Waals surface area contributed by atoms with Crippen molar-refractivity contribution in [3.63, 3.8) is 0 Å². The van der Waals surface area contributed by atoms with Gasteiger partial charge in [-0.25, -0.2) is 0 Å². The molecule has 7 heteroatoms. The number of hydrogen-bond donors (Lipinski definition) is 1. The summed E-state index contributed by atoms with van der Waals surface area (Å²) in [5, 5.41) is 3.33. The van der Waals surface area contributed by atoms with Gasteiger partial charge in [-0.15, -0.1) is 24.8 Å². The zero-order valence-electron chi connectivity index (χ0n) is 14.1. The fourth-order valence-corrected chi connectivity index (χ4v) is 3.38. The lowest BCUT2D eigenvalue weighted by atomic mass is 9.98. The van der Waals surface area contributed by atoms with Crippen LogP contribution in [-0.4, -0.2) is 57.2 Å². The highest BCUT2D eigenvalue weighted by molar-refractivity contribution is 5.85. The van der Waals surface area contributed by atoms with Crippen molar-refractivity contribution in [3.8, 4) is 5.75 Å². The molecule has 0 radical (unpaired) electrons. The summed E-state index contributed by atoms with van der Waals surface area (Å²) in [4.78, 5) is 16.9. The van der Waals surface area contributed by atoms with Gasteiger partial charge < -0.3 is 19.9 Å². The van der Waals surface area contributed by atoms with E-state index < -0.39 is 0 Å². The van der Waals surface area contributed by atoms with E-state index in [-0.39, 0.29) is 30.7 Å². The Kier molecular flexibility index (Phi) is 8.67. The number of methoxy groups -OCH3 is 1. The van der Waals surface area contributed by atoms with Gasteiger partial charge in [0.1, 0.15) is 5.75 Å². The molecule has 0 spiro atoms. The van der Waals surface area contributed by atoms with Crippen LogP contribution in [0.1, 0.15) is 12.8 Å². The van der Waals surface area contributed by atoms with Crippen molar-refractivity contribution in [2.45, 2.75) is 12.8 Å². The molecule has 2 heterocycles. The molecule has 1 N–H and O–H groups in total. The SMILES string of the molecule is COc1ccccc1N1CCN(C(=O)[C@@H]2CCCNC2)CC1.Cl.Cl. The number of piperidine rings is 1. The number of carbonyl (C=O) groups is 1. The lowest BCUT2D eigenvalue weighted by molar-refractivity contribution is -0.136. The van der Waals surface area contributed by atoms with Crippen LogP contribution in [0.25, 0.3) is 0 Å². The van der Waals surface area contributed by atoms with E-state index in [1.54, 1.807) is 7.11 Å². The first-order chi connectivity index (χ1) is 10.8. The number of piperazine rings is 1. The summed E-state index contributed by atoms with van der Waals surface area (Å²) >= 11 is 0. The van der Waals surface area contributed by atoms with Crippen LogP contribution in [0.3, 0.4) is 0 Å². The average molecular weight is 376 g/mol. The molecule has 136 valence electrons. The molecule has 1 amide bonds. The van der Waals surface area contributed by atoms with Gasteiger partial charge in [0.25, 0.3) is 0 Å². The molecule has 1 aromatic carbocycles. The molecule has 0 saturated carbocycles. The average Bonchev–Trinajstić information content (AvgIpc) is 2.62. The second-order valence-corrected chi connectivity index (χ2v) is 6.03. The summed E-state index contributed by atoms with van der Waals surface area (Å²) in [7, 11) is 1.70. The Labute approximate surface area is 156 Å². The molecule has 2 aliphatic rings. The topological polar surface area (TPSA) is 44.8 Å². The van der Waals surface area contributed by atoms with E-state index in [2.05, 4.69) is 16.3 Å². The van der Waals surface area contributed by atoms with Gasteiger partial charge >= 0.3 is 0 Å². The normalized spacial score (nSPS) is 20.6.